The fraction of sp³-hybridized carbons (Fsp3) is 0.370. The second kappa shape index (κ2) is 9.94. The molecule has 7 heteroatoms. The Morgan fingerprint density at radius 1 is 1.18 bits per heavy atom. The zero-order chi connectivity index (χ0) is 23.7. The Labute approximate surface area is 208 Å². The van der Waals surface area contributed by atoms with Crippen LogP contribution < -0.4 is 5.32 Å². The summed E-state index contributed by atoms with van der Waals surface area (Å²) in [6.07, 6.45) is 3.47. The van der Waals surface area contributed by atoms with Crippen LogP contribution in [0, 0.1) is 6.92 Å². The van der Waals surface area contributed by atoms with E-state index in [9.17, 15) is 4.79 Å². The Bertz CT molecular complexity index is 1330. The van der Waals surface area contributed by atoms with E-state index < -0.39 is 0 Å². The maximum Gasteiger partial charge on any atom is 0.254 e. The Hall–Kier alpha value is -2.61. The molecule has 0 radical (unpaired) electrons. The first kappa shape index (κ1) is 23.1. The quantitative estimate of drug-likeness (QED) is 0.281. The fourth-order valence-corrected chi connectivity index (χ4v) is 5.53. The average Bonchev–Trinajstić information content (AvgIpc) is 3.53. The van der Waals surface area contributed by atoms with Gasteiger partial charge in [0.25, 0.3) is 5.91 Å². The molecule has 2 aromatic heterocycles. The molecule has 1 aliphatic heterocycles. The van der Waals surface area contributed by atoms with Gasteiger partial charge in [0.15, 0.2) is 0 Å². The first-order valence-corrected chi connectivity index (χ1v) is 12.7. The summed E-state index contributed by atoms with van der Waals surface area (Å²) in [5, 5.41) is 5.25. The number of fused-ring (bicyclic) bond motifs is 2. The number of carbonyl (C=O) groups is 1. The summed E-state index contributed by atoms with van der Waals surface area (Å²) in [4.78, 5) is 23.0. The minimum Gasteiger partial charge on any atom is -0.385 e. The highest BCUT2D eigenvalue weighted by molar-refractivity contribution is 9.10. The van der Waals surface area contributed by atoms with Gasteiger partial charge in [0, 0.05) is 59.1 Å². The van der Waals surface area contributed by atoms with E-state index >= 15 is 0 Å². The van der Waals surface area contributed by atoms with Gasteiger partial charge >= 0.3 is 0 Å². The number of amides is 1. The largest absolute Gasteiger partial charge is 0.385 e. The molecule has 3 heterocycles. The van der Waals surface area contributed by atoms with Gasteiger partial charge < -0.3 is 20.0 Å². The lowest BCUT2D eigenvalue weighted by molar-refractivity contribution is 0.0946. The van der Waals surface area contributed by atoms with Crippen LogP contribution in [-0.4, -0.2) is 60.2 Å². The van der Waals surface area contributed by atoms with Crippen molar-refractivity contribution < 1.29 is 9.53 Å². The maximum absolute atomic E-state index is 13.5. The summed E-state index contributed by atoms with van der Waals surface area (Å²) in [5.74, 6) is -0.0500. The highest BCUT2D eigenvalue weighted by atomic mass is 79.9. The standard InChI is InChI=1S/C27H31BrN4O2/c1-17-5-8-22-18(14-17)15-24(30-22)26-25(21-7-6-19(28)16-23(21)31-26)27(33)29-10-12-32-11-3-4-20(32)9-13-34-2/h5-8,14-16,20,30-31H,3-4,9-13H2,1-2H3,(H,29,33). The third-order valence-electron chi connectivity index (χ3n) is 6.87. The molecule has 0 spiro atoms. The number of aryl methyl sites for hydroxylation is 1. The zero-order valence-corrected chi connectivity index (χ0v) is 21.3. The van der Waals surface area contributed by atoms with E-state index in [0.717, 1.165) is 63.8 Å². The van der Waals surface area contributed by atoms with E-state index in [1.165, 1.54) is 18.4 Å². The van der Waals surface area contributed by atoms with Crippen molar-refractivity contribution in [2.75, 3.05) is 33.4 Å². The molecule has 0 bridgehead atoms. The summed E-state index contributed by atoms with van der Waals surface area (Å²) < 4.78 is 6.25. The number of nitrogens with zero attached hydrogens (tertiary/aromatic N) is 1. The first-order chi connectivity index (χ1) is 16.5. The van der Waals surface area contributed by atoms with Crippen molar-refractivity contribution in [3.05, 3.63) is 58.1 Å². The summed E-state index contributed by atoms with van der Waals surface area (Å²) >= 11 is 3.56. The van der Waals surface area contributed by atoms with Gasteiger partial charge in [0.2, 0.25) is 0 Å². The summed E-state index contributed by atoms with van der Waals surface area (Å²) in [6.45, 7) is 5.44. The van der Waals surface area contributed by atoms with Gasteiger partial charge in [-0.2, -0.15) is 0 Å². The van der Waals surface area contributed by atoms with Crippen LogP contribution in [0.25, 0.3) is 33.2 Å². The molecule has 1 amide bonds. The van der Waals surface area contributed by atoms with Gasteiger partial charge in [0.1, 0.15) is 0 Å². The molecule has 1 aliphatic rings. The predicted octanol–water partition coefficient (Wildman–Crippen LogP) is 5.62. The van der Waals surface area contributed by atoms with Crippen molar-refractivity contribution in [2.45, 2.75) is 32.2 Å². The van der Waals surface area contributed by atoms with Crippen molar-refractivity contribution in [1.82, 2.24) is 20.2 Å². The number of methoxy groups -OCH3 is 1. The number of hydrogen-bond acceptors (Lipinski definition) is 3. The topological polar surface area (TPSA) is 73.2 Å². The maximum atomic E-state index is 13.5. The summed E-state index contributed by atoms with van der Waals surface area (Å²) in [7, 11) is 1.76. The molecule has 34 heavy (non-hydrogen) atoms. The molecule has 4 aromatic rings. The number of halogens is 1. The number of carbonyl (C=O) groups excluding carboxylic acids is 1. The minimum atomic E-state index is -0.0500. The van der Waals surface area contributed by atoms with Crippen LogP contribution in [0.1, 0.15) is 35.2 Å². The van der Waals surface area contributed by atoms with Crippen molar-refractivity contribution in [3.8, 4) is 11.4 Å². The van der Waals surface area contributed by atoms with Gasteiger partial charge in [-0.15, -0.1) is 0 Å². The number of H-pyrrole nitrogens is 2. The Kier molecular flexibility index (Phi) is 6.77. The molecule has 1 fully saturated rings. The Balaban J connectivity index is 1.40. The number of aromatic amines is 2. The molecule has 1 unspecified atom stereocenters. The number of benzene rings is 2. The molecule has 5 rings (SSSR count). The lowest BCUT2D eigenvalue weighted by Crippen LogP contribution is -2.38. The van der Waals surface area contributed by atoms with E-state index in [4.69, 9.17) is 4.74 Å². The third kappa shape index (κ3) is 4.65. The third-order valence-corrected chi connectivity index (χ3v) is 7.37. The lowest BCUT2D eigenvalue weighted by Gasteiger charge is -2.24. The average molecular weight is 523 g/mol. The van der Waals surface area contributed by atoms with E-state index in [1.807, 2.05) is 18.2 Å². The number of ether oxygens (including phenoxy) is 1. The van der Waals surface area contributed by atoms with Crippen LogP contribution in [0.2, 0.25) is 0 Å². The van der Waals surface area contributed by atoms with Gasteiger partial charge in [-0.05, 0) is 63.1 Å². The second-order valence-corrected chi connectivity index (χ2v) is 10.1. The van der Waals surface area contributed by atoms with Crippen molar-refractivity contribution in [2.24, 2.45) is 0 Å². The number of likely N-dealkylation sites (tertiary alicyclic amines) is 1. The molecule has 0 saturated carbocycles. The molecule has 2 aromatic carbocycles. The van der Waals surface area contributed by atoms with Crippen molar-refractivity contribution in [3.63, 3.8) is 0 Å². The Morgan fingerprint density at radius 2 is 2.06 bits per heavy atom. The molecule has 6 nitrogen and oxygen atoms in total. The van der Waals surface area contributed by atoms with E-state index in [1.54, 1.807) is 7.11 Å². The number of aromatic nitrogens is 2. The van der Waals surface area contributed by atoms with Gasteiger partial charge in [-0.25, -0.2) is 0 Å². The lowest BCUT2D eigenvalue weighted by atomic mass is 10.1. The fourth-order valence-electron chi connectivity index (χ4n) is 5.17. The summed E-state index contributed by atoms with van der Waals surface area (Å²) in [6, 6.07) is 15.0. The highest BCUT2D eigenvalue weighted by Crippen LogP contribution is 2.33. The van der Waals surface area contributed by atoms with Gasteiger partial charge in [0.05, 0.1) is 17.0 Å². The molecule has 178 valence electrons. The SMILES string of the molecule is COCCC1CCCN1CCNC(=O)c1c(-c2cc3cc(C)ccc3[nH]2)[nH]c2cc(Br)ccc12. The van der Waals surface area contributed by atoms with Crippen LogP contribution in [0.5, 0.6) is 0 Å². The monoisotopic (exact) mass is 522 g/mol. The number of rotatable bonds is 8. The van der Waals surface area contributed by atoms with Crippen molar-refractivity contribution >= 4 is 43.6 Å². The predicted molar refractivity (Wildman–Crippen MR) is 141 cm³/mol. The summed E-state index contributed by atoms with van der Waals surface area (Å²) in [5.41, 5.74) is 5.62. The van der Waals surface area contributed by atoms with Crippen LogP contribution >= 0.6 is 15.9 Å². The molecule has 0 aliphatic carbocycles. The van der Waals surface area contributed by atoms with Crippen molar-refractivity contribution in [1.29, 1.82) is 0 Å². The smallest absolute Gasteiger partial charge is 0.254 e. The van der Waals surface area contributed by atoms with Gasteiger partial charge in [-0.3, -0.25) is 9.69 Å². The van der Waals surface area contributed by atoms with Crippen LogP contribution in [-0.2, 0) is 4.74 Å². The molecule has 1 saturated heterocycles. The zero-order valence-electron chi connectivity index (χ0n) is 19.7. The number of hydrogen-bond donors (Lipinski definition) is 3. The van der Waals surface area contributed by atoms with Crippen LogP contribution in [0.15, 0.2) is 46.9 Å². The minimum absolute atomic E-state index is 0.0500. The normalized spacial score (nSPS) is 16.6. The van der Waals surface area contributed by atoms with Crippen LogP contribution in [0.3, 0.4) is 0 Å². The molecular formula is C27H31BrN4O2. The van der Waals surface area contributed by atoms with E-state index in [-0.39, 0.29) is 5.91 Å². The molecule has 1 atom stereocenters. The second-order valence-electron chi connectivity index (χ2n) is 9.21. The molecular weight excluding hydrogens is 492 g/mol. The van der Waals surface area contributed by atoms with E-state index in [2.05, 4.69) is 67.3 Å². The number of nitrogens with one attached hydrogen (secondary N) is 3. The van der Waals surface area contributed by atoms with E-state index in [0.29, 0.717) is 18.2 Å². The highest BCUT2D eigenvalue weighted by Gasteiger charge is 2.25. The molecule has 3 N–H and O–H groups in total. The van der Waals surface area contributed by atoms with Crippen LogP contribution in [0.4, 0.5) is 0 Å². The van der Waals surface area contributed by atoms with Gasteiger partial charge in [-0.1, -0.05) is 33.6 Å². The first-order valence-electron chi connectivity index (χ1n) is 12.0. The Morgan fingerprint density at radius 3 is 2.91 bits per heavy atom.